The molecule has 7 N–H and O–H groups in total. The zero-order valence-electron chi connectivity index (χ0n) is 17.8. The molecule has 2 aromatic carbocycles. The SMILES string of the molecule is NCCCC[C@@H](C(=O)O)N(C/C=C/c1ccc(O)c(O)c1)C/C=C/c1ccc(O)c(O)c1. The van der Waals surface area contributed by atoms with Crippen molar-refractivity contribution in [2.75, 3.05) is 19.6 Å². The van der Waals surface area contributed by atoms with Crippen molar-refractivity contribution >= 4 is 18.1 Å². The van der Waals surface area contributed by atoms with E-state index in [1.54, 1.807) is 41.3 Å². The summed E-state index contributed by atoms with van der Waals surface area (Å²) in [5, 5.41) is 47.9. The van der Waals surface area contributed by atoms with Crippen LogP contribution in [-0.2, 0) is 4.79 Å². The summed E-state index contributed by atoms with van der Waals surface area (Å²) in [6.07, 6.45) is 8.96. The van der Waals surface area contributed by atoms with Crippen molar-refractivity contribution in [1.29, 1.82) is 0 Å². The number of carboxylic acid groups (broad SMARTS) is 1. The Morgan fingerprint density at radius 2 is 1.34 bits per heavy atom. The third kappa shape index (κ3) is 7.64. The van der Waals surface area contributed by atoms with Gasteiger partial charge in [-0.3, -0.25) is 9.69 Å². The predicted molar refractivity (Wildman–Crippen MR) is 124 cm³/mol. The molecule has 0 aliphatic rings. The van der Waals surface area contributed by atoms with Gasteiger partial charge in [0, 0.05) is 13.1 Å². The van der Waals surface area contributed by atoms with E-state index >= 15 is 0 Å². The van der Waals surface area contributed by atoms with Crippen molar-refractivity contribution in [3.63, 3.8) is 0 Å². The predicted octanol–water partition coefficient (Wildman–Crippen LogP) is 3.12. The Kier molecular flexibility index (Phi) is 9.59. The fraction of sp³-hybridized carbons (Fsp3) is 0.292. The van der Waals surface area contributed by atoms with E-state index in [0.717, 1.165) is 6.42 Å². The molecule has 0 spiro atoms. The molecule has 0 amide bonds. The highest BCUT2D eigenvalue weighted by atomic mass is 16.4. The molecule has 0 aliphatic heterocycles. The van der Waals surface area contributed by atoms with Gasteiger partial charge in [-0.2, -0.15) is 0 Å². The molecule has 0 aromatic heterocycles. The van der Waals surface area contributed by atoms with Gasteiger partial charge >= 0.3 is 5.97 Å². The lowest BCUT2D eigenvalue weighted by Crippen LogP contribution is -2.41. The number of nitrogens with zero attached hydrogens (tertiary/aromatic N) is 1. The number of phenolic OH excluding ortho intramolecular Hbond substituents is 4. The van der Waals surface area contributed by atoms with Crippen molar-refractivity contribution in [2.45, 2.75) is 25.3 Å². The monoisotopic (exact) mass is 442 g/mol. The standard InChI is InChI=1S/C24H30N2O6/c25-12-2-1-7-19(24(31)32)26(13-3-5-17-8-10-20(27)22(29)15-17)14-4-6-18-9-11-21(28)23(30)16-18/h3-6,8-11,15-16,19,27-30H,1-2,7,12-14,25H2,(H,31,32)/b5-3+,6-4+/t19-/m0/s1. The molecule has 2 rings (SSSR count). The van der Waals surface area contributed by atoms with Gasteiger partial charge in [-0.15, -0.1) is 0 Å². The highest BCUT2D eigenvalue weighted by Gasteiger charge is 2.23. The zero-order chi connectivity index (χ0) is 23.5. The Labute approximate surface area is 187 Å². The number of aromatic hydroxyl groups is 4. The Morgan fingerprint density at radius 3 is 1.75 bits per heavy atom. The summed E-state index contributed by atoms with van der Waals surface area (Å²) < 4.78 is 0. The third-order valence-electron chi connectivity index (χ3n) is 4.96. The molecule has 0 heterocycles. The summed E-state index contributed by atoms with van der Waals surface area (Å²) in [6, 6.07) is 8.18. The first-order valence-corrected chi connectivity index (χ1v) is 10.4. The Hall–Kier alpha value is -3.49. The molecule has 0 saturated heterocycles. The molecule has 0 radical (unpaired) electrons. The summed E-state index contributed by atoms with van der Waals surface area (Å²) in [7, 11) is 0. The van der Waals surface area contributed by atoms with E-state index < -0.39 is 12.0 Å². The molecular weight excluding hydrogens is 412 g/mol. The van der Waals surface area contributed by atoms with Crippen molar-refractivity contribution in [3.8, 4) is 23.0 Å². The first-order chi connectivity index (χ1) is 15.3. The summed E-state index contributed by atoms with van der Waals surface area (Å²) >= 11 is 0. The lowest BCUT2D eigenvalue weighted by Gasteiger charge is -2.26. The summed E-state index contributed by atoms with van der Waals surface area (Å²) in [4.78, 5) is 13.7. The lowest BCUT2D eigenvalue weighted by molar-refractivity contribution is -0.143. The summed E-state index contributed by atoms with van der Waals surface area (Å²) in [5.41, 5.74) is 6.89. The second-order valence-electron chi connectivity index (χ2n) is 7.39. The van der Waals surface area contributed by atoms with Crippen LogP contribution in [0.25, 0.3) is 12.2 Å². The van der Waals surface area contributed by atoms with Gasteiger partial charge in [0.15, 0.2) is 23.0 Å². The van der Waals surface area contributed by atoms with Crippen LogP contribution in [0.1, 0.15) is 30.4 Å². The summed E-state index contributed by atoms with van der Waals surface area (Å²) in [6.45, 7) is 1.18. The Bertz CT molecular complexity index is 894. The van der Waals surface area contributed by atoms with Gasteiger partial charge in [0.25, 0.3) is 0 Å². The lowest BCUT2D eigenvalue weighted by atomic mass is 10.1. The van der Waals surface area contributed by atoms with Crippen LogP contribution in [0.15, 0.2) is 48.6 Å². The molecular formula is C24H30N2O6. The molecule has 0 bridgehead atoms. The molecule has 8 heteroatoms. The van der Waals surface area contributed by atoms with Crippen LogP contribution < -0.4 is 5.73 Å². The van der Waals surface area contributed by atoms with Crippen LogP contribution in [-0.4, -0.2) is 62.1 Å². The minimum Gasteiger partial charge on any atom is -0.504 e. The zero-order valence-corrected chi connectivity index (χ0v) is 17.8. The fourth-order valence-electron chi connectivity index (χ4n) is 3.21. The van der Waals surface area contributed by atoms with Gasteiger partial charge in [0.05, 0.1) is 0 Å². The second kappa shape index (κ2) is 12.4. The normalized spacial score (nSPS) is 12.7. The van der Waals surface area contributed by atoms with E-state index in [1.807, 2.05) is 0 Å². The van der Waals surface area contributed by atoms with Crippen molar-refractivity contribution in [1.82, 2.24) is 4.90 Å². The van der Waals surface area contributed by atoms with E-state index in [4.69, 9.17) is 5.73 Å². The van der Waals surface area contributed by atoms with Crippen LogP contribution in [0.5, 0.6) is 23.0 Å². The topological polar surface area (TPSA) is 147 Å². The van der Waals surface area contributed by atoms with Crippen molar-refractivity contribution < 1.29 is 30.3 Å². The molecule has 1 atom stereocenters. The number of carboxylic acids is 1. The van der Waals surface area contributed by atoms with Gasteiger partial charge in [-0.1, -0.05) is 42.9 Å². The van der Waals surface area contributed by atoms with Crippen LogP contribution in [0.3, 0.4) is 0 Å². The van der Waals surface area contributed by atoms with Crippen molar-refractivity contribution in [3.05, 3.63) is 59.7 Å². The minimum atomic E-state index is -0.923. The van der Waals surface area contributed by atoms with Gasteiger partial charge < -0.3 is 31.3 Å². The number of benzene rings is 2. The number of hydrogen-bond acceptors (Lipinski definition) is 7. The van der Waals surface area contributed by atoms with Gasteiger partial charge in [0.2, 0.25) is 0 Å². The molecule has 32 heavy (non-hydrogen) atoms. The molecule has 172 valence electrons. The number of aliphatic carboxylic acids is 1. The van der Waals surface area contributed by atoms with Crippen LogP contribution >= 0.6 is 0 Å². The smallest absolute Gasteiger partial charge is 0.320 e. The van der Waals surface area contributed by atoms with Gasteiger partial charge in [0.1, 0.15) is 6.04 Å². The molecule has 0 fully saturated rings. The maximum absolute atomic E-state index is 11.9. The average Bonchev–Trinajstić information content (AvgIpc) is 2.75. The third-order valence-corrected chi connectivity index (χ3v) is 4.96. The average molecular weight is 443 g/mol. The molecule has 0 aliphatic carbocycles. The van der Waals surface area contributed by atoms with Crippen molar-refractivity contribution in [2.24, 2.45) is 5.73 Å². The minimum absolute atomic E-state index is 0.208. The van der Waals surface area contributed by atoms with Crippen LogP contribution in [0.2, 0.25) is 0 Å². The fourth-order valence-corrected chi connectivity index (χ4v) is 3.21. The second-order valence-corrected chi connectivity index (χ2v) is 7.39. The van der Waals surface area contributed by atoms with Gasteiger partial charge in [-0.25, -0.2) is 0 Å². The number of rotatable bonds is 12. The Morgan fingerprint density at radius 1 is 0.844 bits per heavy atom. The molecule has 8 nitrogen and oxygen atoms in total. The first-order valence-electron chi connectivity index (χ1n) is 10.4. The molecule has 0 unspecified atom stereocenters. The quantitative estimate of drug-likeness (QED) is 0.217. The van der Waals surface area contributed by atoms with E-state index in [-0.39, 0.29) is 23.0 Å². The molecule has 2 aromatic rings. The highest BCUT2D eigenvalue weighted by molar-refractivity contribution is 5.73. The van der Waals surface area contributed by atoms with E-state index in [1.165, 1.54) is 24.3 Å². The van der Waals surface area contributed by atoms with Crippen LogP contribution in [0.4, 0.5) is 0 Å². The number of nitrogens with two attached hydrogens (primary N) is 1. The largest absolute Gasteiger partial charge is 0.504 e. The maximum atomic E-state index is 11.9. The number of phenols is 4. The van der Waals surface area contributed by atoms with E-state index in [2.05, 4.69) is 0 Å². The number of carbonyl (C=O) groups is 1. The van der Waals surface area contributed by atoms with E-state index in [0.29, 0.717) is 43.6 Å². The summed E-state index contributed by atoms with van der Waals surface area (Å²) in [5.74, 6) is -1.79. The van der Waals surface area contributed by atoms with Crippen LogP contribution in [0, 0.1) is 0 Å². The van der Waals surface area contributed by atoms with Gasteiger partial charge in [-0.05, 0) is 54.8 Å². The maximum Gasteiger partial charge on any atom is 0.320 e. The molecule has 0 saturated carbocycles. The Balaban J connectivity index is 2.15. The van der Waals surface area contributed by atoms with E-state index in [9.17, 15) is 30.3 Å². The first kappa shape index (κ1) is 24.8. The highest BCUT2D eigenvalue weighted by Crippen LogP contribution is 2.26. The number of hydrogen-bond donors (Lipinski definition) is 6. The number of unbranched alkanes of at least 4 members (excludes halogenated alkanes) is 1.